The molecule has 0 bridgehead atoms. The van der Waals surface area contributed by atoms with E-state index in [0.717, 1.165) is 5.69 Å². The van der Waals surface area contributed by atoms with Crippen molar-refractivity contribution in [3.05, 3.63) is 29.8 Å². The van der Waals surface area contributed by atoms with Crippen LogP contribution in [-0.4, -0.2) is 41.8 Å². The molecule has 1 aromatic rings. The standard InChI is InChI=1S/C14H17N3O3/c1-14(2)13(20)16-11(18)8-17(14)12(19)9-4-6-10(15-3)7-5-9/h4-7,15H,8H2,1-3H3,(H,16,18,20). The second-order valence-electron chi connectivity index (χ2n) is 5.15. The molecular formula is C14H17N3O3. The second-order valence-corrected chi connectivity index (χ2v) is 5.15. The zero-order valence-electron chi connectivity index (χ0n) is 11.7. The lowest BCUT2D eigenvalue weighted by Crippen LogP contribution is -2.65. The van der Waals surface area contributed by atoms with Gasteiger partial charge in [0.25, 0.3) is 11.8 Å². The summed E-state index contributed by atoms with van der Waals surface area (Å²) in [6.45, 7) is 3.12. The van der Waals surface area contributed by atoms with Crippen molar-refractivity contribution in [3.8, 4) is 0 Å². The first-order valence-electron chi connectivity index (χ1n) is 6.30. The normalized spacial score (nSPS) is 17.6. The Bertz CT molecular complexity index is 564. The van der Waals surface area contributed by atoms with Crippen LogP contribution in [0.2, 0.25) is 0 Å². The molecular weight excluding hydrogens is 258 g/mol. The molecule has 0 unspecified atom stereocenters. The molecule has 1 saturated heterocycles. The summed E-state index contributed by atoms with van der Waals surface area (Å²) >= 11 is 0. The highest BCUT2D eigenvalue weighted by atomic mass is 16.2. The molecule has 0 aliphatic carbocycles. The number of piperazine rings is 1. The molecule has 1 fully saturated rings. The fraction of sp³-hybridized carbons (Fsp3) is 0.357. The van der Waals surface area contributed by atoms with Crippen LogP contribution in [0, 0.1) is 0 Å². The summed E-state index contributed by atoms with van der Waals surface area (Å²) in [6.07, 6.45) is 0. The Labute approximate surface area is 117 Å². The van der Waals surface area contributed by atoms with E-state index in [2.05, 4.69) is 10.6 Å². The molecule has 0 saturated carbocycles. The van der Waals surface area contributed by atoms with Gasteiger partial charge in [-0.1, -0.05) is 0 Å². The molecule has 106 valence electrons. The van der Waals surface area contributed by atoms with Gasteiger partial charge < -0.3 is 10.2 Å². The van der Waals surface area contributed by atoms with Crippen LogP contribution in [0.1, 0.15) is 24.2 Å². The number of carbonyl (C=O) groups is 3. The van der Waals surface area contributed by atoms with E-state index >= 15 is 0 Å². The van der Waals surface area contributed by atoms with E-state index in [0.29, 0.717) is 5.56 Å². The maximum Gasteiger partial charge on any atom is 0.255 e. The number of anilines is 1. The van der Waals surface area contributed by atoms with E-state index in [-0.39, 0.29) is 12.5 Å². The zero-order chi connectivity index (χ0) is 14.9. The SMILES string of the molecule is CNc1ccc(C(=O)N2CC(=O)NC(=O)C2(C)C)cc1. The van der Waals surface area contributed by atoms with Crippen molar-refractivity contribution in [3.63, 3.8) is 0 Å². The molecule has 2 rings (SSSR count). The van der Waals surface area contributed by atoms with Crippen LogP contribution in [0.4, 0.5) is 5.69 Å². The zero-order valence-corrected chi connectivity index (χ0v) is 11.7. The van der Waals surface area contributed by atoms with E-state index in [4.69, 9.17) is 0 Å². The molecule has 2 N–H and O–H groups in total. The number of nitrogens with zero attached hydrogens (tertiary/aromatic N) is 1. The van der Waals surface area contributed by atoms with Crippen LogP contribution in [0.3, 0.4) is 0 Å². The topological polar surface area (TPSA) is 78.5 Å². The number of benzene rings is 1. The van der Waals surface area contributed by atoms with Crippen molar-refractivity contribution in [2.75, 3.05) is 18.9 Å². The van der Waals surface area contributed by atoms with Crippen molar-refractivity contribution in [1.29, 1.82) is 0 Å². The van der Waals surface area contributed by atoms with E-state index in [1.54, 1.807) is 45.2 Å². The van der Waals surface area contributed by atoms with Gasteiger partial charge in [-0.25, -0.2) is 0 Å². The number of nitrogens with one attached hydrogen (secondary N) is 2. The smallest absolute Gasteiger partial charge is 0.255 e. The Balaban J connectivity index is 2.30. The van der Waals surface area contributed by atoms with Gasteiger partial charge in [0, 0.05) is 18.3 Å². The van der Waals surface area contributed by atoms with Crippen LogP contribution >= 0.6 is 0 Å². The first-order chi connectivity index (χ1) is 9.36. The number of imide groups is 1. The molecule has 0 spiro atoms. The molecule has 1 aliphatic rings. The van der Waals surface area contributed by atoms with Crippen LogP contribution in [0.5, 0.6) is 0 Å². The van der Waals surface area contributed by atoms with E-state index in [1.807, 2.05) is 0 Å². The maximum absolute atomic E-state index is 12.5. The molecule has 6 heteroatoms. The number of hydrogen-bond acceptors (Lipinski definition) is 4. The summed E-state index contributed by atoms with van der Waals surface area (Å²) in [6, 6.07) is 6.88. The van der Waals surface area contributed by atoms with Gasteiger partial charge in [0.1, 0.15) is 12.1 Å². The molecule has 0 atom stereocenters. The van der Waals surface area contributed by atoms with Gasteiger partial charge >= 0.3 is 0 Å². The van der Waals surface area contributed by atoms with Gasteiger partial charge in [-0.2, -0.15) is 0 Å². The Kier molecular flexibility index (Phi) is 3.48. The Morgan fingerprint density at radius 2 is 1.85 bits per heavy atom. The summed E-state index contributed by atoms with van der Waals surface area (Å²) in [5.41, 5.74) is 0.278. The summed E-state index contributed by atoms with van der Waals surface area (Å²) in [7, 11) is 1.79. The highest BCUT2D eigenvalue weighted by Gasteiger charge is 2.43. The van der Waals surface area contributed by atoms with Crippen LogP contribution in [-0.2, 0) is 9.59 Å². The monoisotopic (exact) mass is 275 g/mol. The minimum atomic E-state index is -1.05. The lowest BCUT2D eigenvalue weighted by Gasteiger charge is -2.40. The minimum absolute atomic E-state index is 0.120. The van der Waals surface area contributed by atoms with Gasteiger partial charge in [-0.15, -0.1) is 0 Å². The quantitative estimate of drug-likeness (QED) is 0.775. The van der Waals surface area contributed by atoms with E-state index in [1.165, 1.54) is 4.90 Å². The third-order valence-corrected chi connectivity index (χ3v) is 3.45. The number of carbonyl (C=O) groups excluding carboxylic acids is 3. The number of rotatable bonds is 2. The van der Waals surface area contributed by atoms with Crippen molar-refractivity contribution >= 4 is 23.4 Å². The van der Waals surface area contributed by atoms with Crippen LogP contribution in [0.15, 0.2) is 24.3 Å². The molecule has 0 radical (unpaired) electrons. The van der Waals surface area contributed by atoms with Crippen LogP contribution in [0.25, 0.3) is 0 Å². The lowest BCUT2D eigenvalue weighted by atomic mass is 9.97. The number of hydrogen-bond donors (Lipinski definition) is 2. The third kappa shape index (κ3) is 2.36. The average molecular weight is 275 g/mol. The molecule has 1 heterocycles. The number of amides is 3. The average Bonchev–Trinajstić information content (AvgIpc) is 2.42. The first-order valence-corrected chi connectivity index (χ1v) is 6.30. The van der Waals surface area contributed by atoms with Gasteiger partial charge in [0.2, 0.25) is 5.91 Å². The first kappa shape index (κ1) is 14.0. The Morgan fingerprint density at radius 1 is 1.25 bits per heavy atom. The predicted molar refractivity (Wildman–Crippen MR) is 74.3 cm³/mol. The third-order valence-electron chi connectivity index (χ3n) is 3.45. The second kappa shape index (κ2) is 4.96. The van der Waals surface area contributed by atoms with Crippen LogP contribution < -0.4 is 10.6 Å². The minimum Gasteiger partial charge on any atom is -0.388 e. The molecule has 6 nitrogen and oxygen atoms in total. The van der Waals surface area contributed by atoms with Crippen molar-refractivity contribution in [2.24, 2.45) is 0 Å². The Hall–Kier alpha value is -2.37. The maximum atomic E-state index is 12.5. The molecule has 1 aliphatic heterocycles. The fourth-order valence-electron chi connectivity index (χ4n) is 2.04. The molecule has 1 aromatic carbocycles. The molecule has 20 heavy (non-hydrogen) atoms. The van der Waals surface area contributed by atoms with Crippen molar-refractivity contribution in [1.82, 2.24) is 10.2 Å². The lowest BCUT2D eigenvalue weighted by molar-refractivity contribution is -0.143. The highest BCUT2D eigenvalue weighted by molar-refractivity contribution is 6.08. The summed E-state index contributed by atoms with van der Waals surface area (Å²) in [5.74, 6) is -1.26. The van der Waals surface area contributed by atoms with Gasteiger partial charge in [0.15, 0.2) is 0 Å². The van der Waals surface area contributed by atoms with Crippen molar-refractivity contribution in [2.45, 2.75) is 19.4 Å². The van der Waals surface area contributed by atoms with E-state index in [9.17, 15) is 14.4 Å². The Morgan fingerprint density at radius 3 is 2.40 bits per heavy atom. The van der Waals surface area contributed by atoms with E-state index < -0.39 is 17.4 Å². The predicted octanol–water partition coefficient (Wildman–Crippen LogP) is 0.605. The van der Waals surface area contributed by atoms with Gasteiger partial charge in [-0.3, -0.25) is 19.7 Å². The highest BCUT2D eigenvalue weighted by Crippen LogP contribution is 2.21. The fourth-order valence-corrected chi connectivity index (χ4v) is 2.04. The molecule has 3 amide bonds. The van der Waals surface area contributed by atoms with Gasteiger partial charge in [-0.05, 0) is 38.1 Å². The van der Waals surface area contributed by atoms with Crippen molar-refractivity contribution < 1.29 is 14.4 Å². The summed E-state index contributed by atoms with van der Waals surface area (Å²) in [5, 5.41) is 5.20. The summed E-state index contributed by atoms with van der Waals surface area (Å²) < 4.78 is 0. The molecule has 0 aromatic heterocycles. The largest absolute Gasteiger partial charge is 0.388 e. The van der Waals surface area contributed by atoms with Gasteiger partial charge in [0.05, 0.1) is 0 Å². The summed E-state index contributed by atoms with van der Waals surface area (Å²) in [4.78, 5) is 37.1.